The Bertz CT molecular complexity index is 583. The smallest absolute Gasteiger partial charge is 0.228 e. The van der Waals surface area contributed by atoms with Crippen molar-refractivity contribution in [3.05, 3.63) is 29.3 Å². The molecule has 1 aromatic carbocycles. The van der Waals surface area contributed by atoms with Crippen LogP contribution in [0.5, 0.6) is 0 Å². The highest BCUT2D eigenvalue weighted by Crippen LogP contribution is 2.26. The van der Waals surface area contributed by atoms with Gasteiger partial charge in [0, 0.05) is 17.7 Å². The minimum atomic E-state index is -2.21. The lowest BCUT2D eigenvalue weighted by molar-refractivity contribution is -0.115. The molecule has 0 bridgehead atoms. The number of nitrogens with zero attached hydrogens (tertiary/aromatic N) is 1. The van der Waals surface area contributed by atoms with Gasteiger partial charge in [0.15, 0.2) is 0 Å². The summed E-state index contributed by atoms with van der Waals surface area (Å²) in [5, 5.41) is 2.70. The van der Waals surface area contributed by atoms with E-state index >= 15 is 0 Å². The van der Waals surface area contributed by atoms with Gasteiger partial charge in [0.05, 0.1) is 6.42 Å². The molecule has 19 heavy (non-hydrogen) atoms. The zero-order chi connectivity index (χ0) is 17.3. The second-order valence-corrected chi connectivity index (χ2v) is 4.78. The van der Waals surface area contributed by atoms with Crippen LogP contribution in [-0.4, -0.2) is 30.4 Å². The third-order valence-corrected chi connectivity index (χ3v) is 3.12. The molecule has 3 heteroatoms. The first kappa shape index (κ1) is 9.54. The van der Waals surface area contributed by atoms with Crippen molar-refractivity contribution in [3.8, 4) is 0 Å². The van der Waals surface area contributed by atoms with Crippen molar-refractivity contribution in [1.82, 2.24) is 4.90 Å². The van der Waals surface area contributed by atoms with Gasteiger partial charge in [-0.15, -0.1) is 0 Å². The number of aryl methyl sites for hydroxylation is 1. The van der Waals surface area contributed by atoms with Gasteiger partial charge in [-0.1, -0.05) is 26.0 Å². The normalized spacial score (nSPS) is 18.4. The van der Waals surface area contributed by atoms with E-state index in [4.69, 9.17) is 5.48 Å². The number of rotatable bonds is 7. The van der Waals surface area contributed by atoms with Crippen LogP contribution in [0.25, 0.3) is 0 Å². The highest BCUT2D eigenvalue weighted by Gasteiger charge is 2.20. The monoisotopic (exact) mass is 264 g/mol. The standard InChI is InChI=1S/C16H24N2O/c1-3-9-18(10-4-2)11-8-13-6-5-7-15-14(13)12-16(19)17-15/h5-7H,3-4,8-12H2,1-2H3,(H,17,19)/i8D2,11D2. The third-order valence-electron chi connectivity index (χ3n) is 3.12. The molecule has 1 heterocycles. The molecule has 3 nitrogen and oxygen atoms in total. The van der Waals surface area contributed by atoms with Crippen LogP contribution in [0.15, 0.2) is 18.2 Å². The van der Waals surface area contributed by atoms with E-state index in [-0.39, 0.29) is 17.9 Å². The maximum Gasteiger partial charge on any atom is 0.228 e. The molecule has 1 aromatic rings. The second kappa shape index (κ2) is 6.71. The van der Waals surface area contributed by atoms with Crippen molar-refractivity contribution in [2.45, 2.75) is 39.5 Å². The van der Waals surface area contributed by atoms with Gasteiger partial charge in [-0.05, 0) is 49.5 Å². The average Bonchev–Trinajstić information content (AvgIpc) is 2.86. The summed E-state index contributed by atoms with van der Waals surface area (Å²) >= 11 is 0. The van der Waals surface area contributed by atoms with Crippen molar-refractivity contribution in [2.75, 3.05) is 24.9 Å². The maximum absolute atomic E-state index is 11.6. The van der Waals surface area contributed by atoms with Gasteiger partial charge in [0.25, 0.3) is 0 Å². The van der Waals surface area contributed by atoms with Crippen LogP contribution in [0.3, 0.4) is 0 Å². The van der Waals surface area contributed by atoms with E-state index in [0.717, 1.165) is 12.8 Å². The van der Waals surface area contributed by atoms with E-state index in [2.05, 4.69) is 5.32 Å². The topological polar surface area (TPSA) is 32.3 Å². The largest absolute Gasteiger partial charge is 0.326 e. The van der Waals surface area contributed by atoms with Crippen molar-refractivity contribution in [1.29, 1.82) is 0 Å². The number of hydrogen-bond donors (Lipinski definition) is 1. The van der Waals surface area contributed by atoms with Crippen LogP contribution < -0.4 is 5.32 Å². The predicted molar refractivity (Wildman–Crippen MR) is 79.5 cm³/mol. The fourth-order valence-corrected chi connectivity index (χ4v) is 2.27. The molecule has 1 aliphatic rings. The maximum atomic E-state index is 11.6. The predicted octanol–water partition coefficient (Wildman–Crippen LogP) is 2.85. The first-order valence-electron chi connectivity index (χ1n) is 8.93. The van der Waals surface area contributed by atoms with Crippen molar-refractivity contribution >= 4 is 11.6 Å². The van der Waals surface area contributed by atoms with Gasteiger partial charge in [-0.2, -0.15) is 0 Å². The first-order valence-corrected chi connectivity index (χ1v) is 6.93. The highest BCUT2D eigenvalue weighted by molar-refractivity contribution is 5.99. The van der Waals surface area contributed by atoms with Gasteiger partial charge in [0.2, 0.25) is 5.91 Å². The Hall–Kier alpha value is -1.35. The van der Waals surface area contributed by atoms with Gasteiger partial charge >= 0.3 is 0 Å². The summed E-state index contributed by atoms with van der Waals surface area (Å²) < 4.78 is 33.9. The Morgan fingerprint density at radius 1 is 1.32 bits per heavy atom. The summed E-state index contributed by atoms with van der Waals surface area (Å²) in [5.41, 5.74) is 1.42. The lowest BCUT2D eigenvalue weighted by Crippen LogP contribution is -2.28. The summed E-state index contributed by atoms with van der Waals surface area (Å²) in [6.07, 6.45) is -0.608. The molecule has 0 aliphatic carbocycles. The molecule has 0 saturated heterocycles. The third kappa shape index (κ3) is 3.57. The number of fused-ring (bicyclic) bond motifs is 1. The SMILES string of the molecule is [2H]C([2H])(c1cccc2c1CC(=O)N2)C([2H])([2H])N(CCC)CCC. The van der Waals surface area contributed by atoms with Crippen LogP contribution >= 0.6 is 0 Å². The number of anilines is 1. The fourth-order valence-electron chi connectivity index (χ4n) is 2.27. The highest BCUT2D eigenvalue weighted by atomic mass is 16.1. The minimum Gasteiger partial charge on any atom is -0.326 e. The van der Waals surface area contributed by atoms with Crippen molar-refractivity contribution < 1.29 is 10.3 Å². The Labute approximate surface area is 121 Å². The molecule has 0 fully saturated rings. The van der Waals surface area contributed by atoms with E-state index in [1.54, 1.807) is 23.1 Å². The lowest BCUT2D eigenvalue weighted by Gasteiger charge is -2.21. The van der Waals surface area contributed by atoms with Crippen LogP contribution in [0.1, 0.15) is 43.3 Å². The number of carbonyl (C=O) groups excluding carboxylic acids is 1. The number of hydrogen-bond acceptors (Lipinski definition) is 2. The van der Waals surface area contributed by atoms with E-state index in [1.807, 2.05) is 13.8 Å². The molecule has 0 aromatic heterocycles. The zero-order valence-electron chi connectivity index (χ0n) is 15.6. The van der Waals surface area contributed by atoms with Crippen molar-refractivity contribution in [2.24, 2.45) is 0 Å². The van der Waals surface area contributed by atoms with E-state index < -0.39 is 12.9 Å². The quantitative estimate of drug-likeness (QED) is 0.821. The van der Waals surface area contributed by atoms with E-state index in [0.29, 0.717) is 24.3 Å². The molecule has 1 N–H and O–H groups in total. The summed E-state index contributed by atoms with van der Waals surface area (Å²) in [5.74, 6) is -0.178. The first-order chi connectivity index (χ1) is 10.8. The van der Waals surface area contributed by atoms with Crippen LogP contribution in [0.2, 0.25) is 0 Å². The number of nitrogens with one attached hydrogen (secondary N) is 1. The summed E-state index contributed by atoms with van der Waals surface area (Å²) in [6.45, 7) is 2.74. The van der Waals surface area contributed by atoms with Gasteiger partial charge in [-0.25, -0.2) is 0 Å². The van der Waals surface area contributed by atoms with E-state index in [1.165, 1.54) is 0 Å². The molecule has 0 radical (unpaired) electrons. The van der Waals surface area contributed by atoms with E-state index in [9.17, 15) is 4.79 Å². The Morgan fingerprint density at radius 2 is 2.05 bits per heavy atom. The zero-order valence-corrected chi connectivity index (χ0v) is 11.6. The summed E-state index contributed by atoms with van der Waals surface area (Å²) in [4.78, 5) is 13.2. The van der Waals surface area contributed by atoms with Gasteiger partial charge in [0.1, 0.15) is 0 Å². The van der Waals surface area contributed by atoms with Crippen LogP contribution in [0.4, 0.5) is 5.69 Å². The molecule has 0 saturated carbocycles. The molecule has 0 atom stereocenters. The Kier molecular flexibility index (Phi) is 3.37. The molecule has 0 spiro atoms. The minimum absolute atomic E-state index is 0.0999. The van der Waals surface area contributed by atoms with Crippen LogP contribution in [-0.2, 0) is 17.6 Å². The number of carbonyl (C=O) groups is 1. The number of benzene rings is 1. The molecule has 1 amide bonds. The Balaban J connectivity index is 2.45. The molecular weight excluding hydrogens is 236 g/mol. The van der Waals surface area contributed by atoms with Gasteiger partial charge in [-0.3, -0.25) is 4.79 Å². The second-order valence-electron chi connectivity index (χ2n) is 4.78. The number of amides is 1. The molecule has 104 valence electrons. The summed E-state index contributed by atoms with van der Waals surface area (Å²) in [6, 6.07) is 4.98. The fraction of sp³-hybridized carbons (Fsp3) is 0.562. The van der Waals surface area contributed by atoms with Gasteiger partial charge < -0.3 is 10.2 Å². The van der Waals surface area contributed by atoms with Crippen LogP contribution in [0, 0.1) is 0 Å². The lowest BCUT2D eigenvalue weighted by atomic mass is 10.0. The molecule has 2 rings (SSSR count). The molecule has 0 unspecified atom stereocenters. The summed E-state index contributed by atoms with van der Waals surface area (Å²) in [7, 11) is 0. The average molecular weight is 264 g/mol. The molecule has 1 aliphatic heterocycles. The van der Waals surface area contributed by atoms with Crippen molar-refractivity contribution in [3.63, 3.8) is 0 Å². The Morgan fingerprint density at radius 3 is 2.74 bits per heavy atom. The molecular formula is C16H24N2O.